The molecule has 0 amide bonds. The van der Waals surface area contributed by atoms with Crippen molar-refractivity contribution in [2.75, 3.05) is 20.3 Å². The molecule has 0 fully saturated rings. The Morgan fingerprint density at radius 3 is 2.68 bits per heavy atom. The monoisotopic (exact) mass is 459 g/mol. The largest absolute Gasteiger partial charge is 0.385 e. The average molecular weight is 460 g/mol. The van der Waals surface area contributed by atoms with E-state index in [1.54, 1.807) is 13.2 Å². The van der Waals surface area contributed by atoms with Crippen molar-refractivity contribution >= 4 is 53.1 Å². The number of benzene rings is 1. The van der Waals surface area contributed by atoms with Crippen molar-refractivity contribution in [3.63, 3.8) is 0 Å². The van der Waals surface area contributed by atoms with Crippen molar-refractivity contribution < 1.29 is 4.74 Å². The molecule has 0 aromatic heterocycles. The highest BCUT2D eigenvalue weighted by molar-refractivity contribution is 14.0. The van der Waals surface area contributed by atoms with Crippen LogP contribution in [0.15, 0.2) is 23.2 Å². The molecule has 0 heterocycles. The molecule has 1 aromatic carbocycles. The molecule has 1 rings (SSSR count). The Balaban J connectivity index is 0.00000441. The number of rotatable bonds is 8. The second-order valence-electron chi connectivity index (χ2n) is 4.85. The van der Waals surface area contributed by atoms with Crippen molar-refractivity contribution in [2.45, 2.75) is 32.2 Å². The van der Waals surface area contributed by atoms with Crippen LogP contribution in [-0.4, -0.2) is 26.2 Å². The van der Waals surface area contributed by atoms with Gasteiger partial charge in [0.05, 0.1) is 6.04 Å². The lowest BCUT2D eigenvalue weighted by Gasteiger charge is -2.16. The molecule has 126 valence electrons. The quantitative estimate of drug-likeness (QED) is 0.262. The number of guanidine groups is 1. The van der Waals surface area contributed by atoms with E-state index in [4.69, 9.17) is 33.7 Å². The van der Waals surface area contributed by atoms with Crippen LogP contribution in [-0.2, 0) is 4.74 Å². The van der Waals surface area contributed by atoms with Crippen molar-refractivity contribution in [1.82, 2.24) is 5.32 Å². The van der Waals surface area contributed by atoms with Crippen LogP contribution in [0.5, 0.6) is 0 Å². The number of hydrogen-bond donors (Lipinski definition) is 2. The van der Waals surface area contributed by atoms with Gasteiger partial charge in [-0.05, 0) is 43.9 Å². The number of hydrogen-bond acceptors (Lipinski definition) is 2. The molecule has 0 bridgehead atoms. The van der Waals surface area contributed by atoms with Gasteiger partial charge in [0.1, 0.15) is 0 Å². The molecule has 1 unspecified atom stereocenters. The normalized spacial score (nSPS) is 12.6. The lowest BCUT2D eigenvalue weighted by molar-refractivity contribution is 0.192. The van der Waals surface area contributed by atoms with Crippen LogP contribution in [0.2, 0.25) is 10.0 Å². The van der Waals surface area contributed by atoms with Crippen LogP contribution in [0.25, 0.3) is 0 Å². The summed E-state index contributed by atoms with van der Waals surface area (Å²) in [4.78, 5) is 4.31. The van der Waals surface area contributed by atoms with Crippen molar-refractivity contribution in [2.24, 2.45) is 10.7 Å². The van der Waals surface area contributed by atoms with Gasteiger partial charge in [-0.2, -0.15) is 0 Å². The zero-order valence-electron chi connectivity index (χ0n) is 12.9. The molecule has 0 spiro atoms. The number of unbranched alkanes of at least 4 members (excludes halogenated alkanes) is 2. The predicted octanol–water partition coefficient (Wildman–Crippen LogP) is 4.39. The van der Waals surface area contributed by atoms with Gasteiger partial charge in [-0.25, -0.2) is 0 Å². The average Bonchev–Trinajstić information content (AvgIpc) is 2.42. The van der Waals surface area contributed by atoms with Gasteiger partial charge >= 0.3 is 0 Å². The van der Waals surface area contributed by atoms with E-state index in [2.05, 4.69) is 10.3 Å². The van der Waals surface area contributed by atoms with Crippen LogP contribution in [0.4, 0.5) is 0 Å². The molecule has 1 atom stereocenters. The molecule has 0 aliphatic heterocycles. The number of methoxy groups -OCH3 is 1. The topological polar surface area (TPSA) is 59.6 Å². The Morgan fingerprint density at radius 2 is 2.05 bits per heavy atom. The predicted molar refractivity (Wildman–Crippen MR) is 106 cm³/mol. The van der Waals surface area contributed by atoms with Crippen LogP contribution in [0.1, 0.15) is 37.8 Å². The van der Waals surface area contributed by atoms with Crippen LogP contribution in [0, 0.1) is 0 Å². The fraction of sp³-hybridized carbons (Fsp3) is 0.533. The summed E-state index contributed by atoms with van der Waals surface area (Å²) in [7, 11) is 1.71. The summed E-state index contributed by atoms with van der Waals surface area (Å²) >= 11 is 12.1. The van der Waals surface area contributed by atoms with E-state index >= 15 is 0 Å². The first kappa shape index (κ1) is 21.8. The van der Waals surface area contributed by atoms with Gasteiger partial charge < -0.3 is 15.8 Å². The first-order valence-corrected chi connectivity index (χ1v) is 7.80. The van der Waals surface area contributed by atoms with Crippen LogP contribution >= 0.6 is 47.2 Å². The summed E-state index contributed by atoms with van der Waals surface area (Å²) < 4.78 is 5.00. The van der Waals surface area contributed by atoms with Crippen molar-refractivity contribution in [3.8, 4) is 0 Å². The van der Waals surface area contributed by atoms with Gasteiger partial charge in [0.15, 0.2) is 5.96 Å². The third-order valence-electron chi connectivity index (χ3n) is 3.08. The standard InChI is InChI=1S/C15H23Cl2N3O.HI/c1-11(13-7-6-12(16)10-14(13)17)20-15(18)19-8-4-3-5-9-21-2;/h6-7,10-11H,3-5,8-9H2,1-2H3,(H3,18,19,20);1H. The molecule has 4 nitrogen and oxygen atoms in total. The van der Waals surface area contributed by atoms with E-state index in [-0.39, 0.29) is 30.0 Å². The van der Waals surface area contributed by atoms with E-state index in [0.717, 1.165) is 31.4 Å². The molecular formula is C15H24Cl2IN3O. The molecule has 3 N–H and O–H groups in total. The summed E-state index contributed by atoms with van der Waals surface area (Å²) in [6.07, 6.45) is 3.14. The summed E-state index contributed by atoms with van der Waals surface area (Å²) in [6, 6.07) is 5.40. The maximum atomic E-state index is 6.17. The first-order chi connectivity index (χ1) is 10.0. The number of nitrogens with one attached hydrogen (secondary N) is 1. The SMILES string of the molecule is COCCCCCN=C(N)NC(C)c1ccc(Cl)cc1Cl.I. The second-order valence-corrected chi connectivity index (χ2v) is 5.70. The smallest absolute Gasteiger partial charge is 0.189 e. The number of nitrogens with zero attached hydrogens (tertiary/aromatic N) is 1. The van der Waals surface area contributed by atoms with E-state index in [0.29, 0.717) is 22.5 Å². The maximum absolute atomic E-state index is 6.17. The molecule has 0 aliphatic carbocycles. The van der Waals surface area contributed by atoms with Crippen molar-refractivity contribution in [1.29, 1.82) is 0 Å². The summed E-state index contributed by atoms with van der Waals surface area (Å²) in [5, 5.41) is 4.37. The number of nitrogens with two attached hydrogens (primary N) is 1. The molecule has 1 aromatic rings. The number of ether oxygens (including phenoxy) is 1. The second kappa shape index (κ2) is 12.2. The van der Waals surface area contributed by atoms with Gasteiger partial charge in [0, 0.05) is 30.3 Å². The van der Waals surface area contributed by atoms with E-state index in [9.17, 15) is 0 Å². The fourth-order valence-corrected chi connectivity index (χ4v) is 2.50. The minimum Gasteiger partial charge on any atom is -0.385 e. The minimum atomic E-state index is -0.0213. The van der Waals surface area contributed by atoms with Gasteiger partial charge in [-0.3, -0.25) is 4.99 Å². The highest BCUT2D eigenvalue weighted by Gasteiger charge is 2.10. The lowest BCUT2D eigenvalue weighted by Crippen LogP contribution is -2.34. The Bertz CT molecular complexity index is 472. The van der Waals surface area contributed by atoms with Gasteiger partial charge in [-0.1, -0.05) is 29.3 Å². The molecule has 0 radical (unpaired) electrons. The Morgan fingerprint density at radius 1 is 1.32 bits per heavy atom. The third kappa shape index (κ3) is 8.41. The summed E-state index contributed by atoms with van der Waals surface area (Å²) in [6.45, 7) is 3.49. The number of halogens is 3. The molecule has 7 heteroatoms. The van der Waals surface area contributed by atoms with Gasteiger partial charge in [-0.15, -0.1) is 24.0 Å². The lowest BCUT2D eigenvalue weighted by atomic mass is 10.1. The molecular weight excluding hydrogens is 436 g/mol. The molecule has 0 saturated carbocycles. The van der Waals surface area contributed by atoms with Gasteiger partial charge in [0.25, 0.3) is 0 Å². The highest BCUT2D eigenvalue weighted by atomic mass is 127. The summed E-state index contributed by atoms with van der Waals surface area (Å²) in [5.41, 5.74) is 6.82. The molecule has 22 heavy (non-hydrogen) atoms. The van der Waals surface area contributed by atoms with Crippen LogP contribution in [0.3, 0.4) is 0 Å². The highest BCUT2D eigenvalue weighted by Crippen LogP contribution is 2.25. The molecule has 0 saturated heterocycles. The Labute approximate surface area is 159 Å². The Kier molecular flexibility index (Phi) is 12.1. The maximum Gasteiger partial charge on any atom is 0.189 e. The Hall–Kier alpha value is -0.240. The zero-order valence-corrected chi connectivity index (χ0v) is 16.8. The van der Waals surface area contributed by atoms with E-state index in [1.807, 2.05) is 19.1 Å². The van der Waals surface area contributed by atoms with E-state index in [1.165, 1.54) is 0 Å². The minimum absolute atomic E-state index is 0. The van der Waals surface area contributed by atoms with Crippen LogP contribution < -0.4 is 11.1 Å². The fourth-order valence-electron chi connectivity index (χ4n) is 1.93. The molecule has 0 aliphatic rings. The first-order valence-electron chi connectivity index (χ1n) is 7.05. The van der Waals surface area contributed by atoms with Gasteiger partial charge in [0.2, 0.25) is 0 Å². The summed E-state index contributed by atoms with van der Waals surface area (Å²) in [5.74, 6) is 0.431. The zero-order chi connectivity index (χ0) is 15.7. The van der Waals surface area contributed by atoms with Crippen molar-refractivity contribution in [3.05, 3.63) is 33.8 Å². The van der Waals surface area contributed by atoms with E-state index < -0.39 is 0 Å². The third-order valence-corrected chi connectivity index (χ3v) is 3.64. The number of aliphatic imine (C=N–C) groups is 1.